The summed E-state index contributed by atoms with van der Waals surface area (Å²) in [6, 6.07) is 24.0. The maximum Gasteiger partial charge on any atom is 0.264 e. The maximum atomic E-state index is 12.6. The van der Waals surface area contributed by atoms with Gasteiger partial charge in [0.15, 0.2) is 5.17 Å². The van der Waals surface area contributed by atoms with Crippen molar-refractivity contribution >= 4 is 57.1 Å². The molecule has 0 aliphatic carbocycles. The number of halogens is 1. The minimum absolute atomic E-state index is 0.129. The Bertz CT molecular complexity index is 1370. The third kappa shape index (κ3) is 4.35. The number of carbonyl (C=O) groups is 1. The molecule has 5 rings (SSSR count). The molecule has 158 valence electrons. The van der Waals surface area contributed by atoms with Gasteiger partial charge < -0.3 is 9.88 Å². The lowest BCUT2D eigenvalue weighted by molar-refractivity contribution is -0.115. The van der Waals surface area contributed by atoms with E-state index in [2.05, 4.69) is 33.2 Å². The topological polar surface area (TPSA) is 46.4 Å². The number of aromatic nitrogens is 1. The maximum absolute atomic E-state index is 12.6. The van der Waals surface area contributed by atoms with Crippen LogP contribution >= 0.6 is 23.4 Å². The van der Waals surface area contributed by atoms with Gasteiger partial charge in [-0.25, -0.2) is 4.99 Å². The largest absolute Gasteiger partial charge is 0.342 e. The van der Waals surface area contributed by atoms with Gasteiger partial charge in [0.25, 0.3) is 5.91 Å². The van der Waals surface area contributed by atoms with Gasteiger partial charge in [-0.05, 0) is 60.7 Å². The standard InChI is InChI=1S/C26H20ClN3OS/c1-17-6-12-21(13-7-17)28-26-29-25(31)24(32-26)14-19-16-30(23-5-3-2-4-22(19)23)15-18-8-10-20(27)11-9-18/h2-14,16H,15H2,1H3,(H,28,29,31)/b24-14+. The second-order valence-corrected chi connectivity index (χ2v) is 9.14. The van der Waals surface area contributed by atoms with Gasteiger partial charge in [-0.2, -0.15) is 0 Å². The number of amidine groups is 1. The highest BCUT2D eigenvalue weighted by Crippen LogP contribution is 2.31. The van der Waals surface area contributed by atoms with Crippen molar-refractivity contribution in [3.63, 3.8) is 0 Å². The Morgan fingerprint density at radius 1 is 1.03 bits per heavy atom. The van der Waals surface area contributed by atoms with E-state index in [9.17, 15) is 4.79 Å². The Labute approximate surface area is 195 Å². The van der Waals surface area contributed by atoms with Crippen molar-refractivity contribution in [1.82, 2.24) is 9.88 Å². The number of nitrogens with one attached hydrogen (secondary N) is 1. The number of aliphatic imine (C=N–C) groups is 1. The molecule has 1 aliphatic heterocycles. The van der Waals surface area contributed by atoms with E-state index >= 15 is 0 Å². The zero-order valence-corrected chi connectivity index (χ0v) is 19.0. The molecule has 0 radical (unpaired) electrons. The number of para-hydroxylation sites is 1. The van der Waals surface area contributed by atoms with Crippen molar-refractivity contribution in [2.45, 2.75) is 13.5 Å². The normalized spacial score (nSPS) is 16.2. The van der Waals surface area contributed by atoms with Crippen LogP contribution in [0.1, 0.15) is 16.7 Å². The number of thioether (sulfide) groups is 1. The lowest BCUT2D eigenvalue weighted by Crippen LogP contribution is -2.19. The number of hydrogen-bond donors (Lipinski definition) is 1. The fourth-order valence-electron chi connectivity index (χ4n) is 3.67. The molecule has 6 heteroatoms. The fourth-order valence-corrected chi connectivity index (χ4v) is 4.62. The molecule has 1 amide bonds. The van der Waals surface area contributed by atoms with Crippen LogP contribution in [0.5, 0.6) is 0 Å². The smallest absolute Gasteiger partial charge is 0.264 e. The van der Waals surface area contributed by atoms with Crippen molar-refractivity contribution in [2.24, 2.45) is 4.99 Å². The monoisotopic (exact) mass is 457 g/mol. The van der Waals surface area contributed by atoms with Crippen LogP contribution in [-0.2, 0) is 11.3 Å². The first-order valence-electron chi connectivity index (χ1n) is 10.2. The van der Waals surface area contributed by atoms with Gasteiger partial charge in [0.05, 0.1) is 10.6 Å². The predicted molar refractivity (Wildman–Crippen MR) is 134 cm³/mol. The van der Waals surface area contributed by atoms with Crippen LogP contribution in [0.3, 0.4) is 0 Å². The van der Waals surface area contributed by atoms with E-state index in [1.165, 1.54) is 17.3 Å². The number of carbonyl (C=O) groups excluding carboxylic acids is 1. The van der Waals surface area contributed by atoms with Crippen LogP contribution < -0.4 is 5.32 Å². The second-order valence-electron chi connectivity index (χ2n) is 7.67. The average Bonchev–Trinajstić information content (AvgIpc) is 3.31. The number of hydrogen-bond acceptors (Lipinski definition) is 3. The Morgan fingerprint density at radius 3 is 2.56 bits per heavy atom. The number of aryl methyl sites for hydroxylation is 1. The van der Waals surface area contributed by atoms with E-state index in [0.29, 0.717) is 10.1 Å². The molecule has 4 aromatic rings. The third-order valence-corrected chi connectivity index (χ3v) is 6.45. The molecule has 0 saturated carbocycles. The lowest BCUT2D eigenvalue weighted by atomic mass is 10.1. The Hall–Kier alpha value is -3.28. The summed E-state index contributed by atoms with van der Waals surface area (Å²) >= 11 is 7.39. The van der Waals surface area contributed by atoms with Gasteiger partial charge in [0, 0.05) is 34.2 Å². The van der Waals surface area contributed by atoms with Crippen molar-refractivity contribution in [1.29, 1.82) is 0 Å². The summed E-state index contributed by atoms with van der Waals surface area (Å²) in [5.41, 5.74) is 5.27. The molecule has 0 unspecified atom stereocenters. The molecular weight excluding hydrogens is 438 g/mol. The summed E-state index contributed by atoms with van der Waals surface area (Å²) in [5.74, 6) is -0.129. The van der Waals surface area contributed by atoms with Gasteiger partial charge in [-0.15, -0.1) is 0 Å². The van der Waals surface area contributed by atoms with E-state index in [1.807, 2.05) is 73.7 Å². The number of benzene rings is 3. The fraction of sp³-hybridized carbons (Fsp3) is 0.0769. The molecule has 1 aromatic heterocycles. The lowest BCUT2D eigenvalue weighted by Gasteiger charge is -2.05. The number of amides is 1. The quantitative estimate of drug-likeness (QED) is 0.353. The van der Waals surface area contributed by atoms with E-state index in [-0.39, 0.29) is 5.91 Å². The molecule has 1 N–H and O–H groups in total. The summed E-state index contributed by atoms with van der Waals surface area (Å²) in [7, 11) is 0. The van der Waals surface area contributed by atoms with Gasteiger partial charge in [-0.3, -0.25) is 4.79 Å². The molecule has 0 atom stereocenters. The van der Waals surface area contributed by atoms with Crippen LogP contribution in [0.4, 0.5) is 5.69 Å². The first-order chi connectivity index (χ1) is 15.5. The highest BCUT2D eigenvalue weighted by atomic mass is 35.5. The molecule has 2 heterocycles. The highest BCUT2D eigenvalue weighted by Gasteiger charge is 2.24. The van der Waals surface area contributed by atoms with E-state index in [4.69, 9.17) is 11.6 Å². The summed E-state index contributed by atoms with van der Waals surface area (Å²) in [4.78, 5) is 17.8. The number of rotatable bonds is 4. The minimum Gasteiger partial charge on any atom is -0.342 e. The Morgan fingerprint density at radius 2 is 1.78 bits per heavy atom. The number of nitrogens with zero attached hydrogens (tertiary/aromatic N) is 2. The van der Waals surface area contributed by atoms with Crippen molar-refractivity contribution < 1.29 is 4.79 Å². The first kappa shape index (κ1) is 20.6. The summed E-state index contributed by atoms with van der Waals surface area (Å²) in [5, 5.41) is 5.30. The van der Waals surface area contributed by atoms with E-state index < -0.39 is 0 Å². The molecule has 1 saturated heterocycles. The average molecular weight is 458 g/mol. The van der Waals surface area contributed by atoms with E-state index in [0.717, 1.165) is 39.3 Å². The molecule has 32 heavy (non-hydrogen) atoms. The minimum atomic E-state index is -0.129. The molecule has 3 aromatic carbocycles. The van der Waals surface area contributed by atoms with Crippen LogP contribution in [0.25, 0.3) is 17.0 Å². The molecule has 1 fully saturated rings. The van der Waals surface area contributed by atoms with Crippen molar-refractivity contribution in [3.8, 4) is 0 Å². The van der Waals surface area contributed by atoms with Gasteiger partial charge in [0.2, 0.25) is 0 Å². The molecule has 0 spiro atoms. The zero-order valence-electron chi connectivity index (χ0n) is 17.4. The van der Waals surface area contributed by atoms with Gasteiger partial charge >= 0.3 is 0 Å². The van der Waals surface area contributed by atoms with Crippen LogP contribution in [0.2, 0.25) is 5.02 Å². The molecule has 0 bridgehead atoms. The van der Waals surface area contributed by atoms with Crippen LogP contribution in [-0.4, -0.2) is 15.6 Å². The van der Waals surface area contributed by atoms with E-state index in [1.54, 1.807) is 0 Å². The summed E-state index contributed by atoms with van der Waals surface area (Å²) in [6.45, 7) is 2.76. The summed E-state index contributed by atoms with van der Waals surface area (Å²) < 4.78 is 2.20. The second kappa shape index (κ2) is 8.69. The van der Waals surface area contributed by atoms with Crippen molar-refractivity contribution in [2.75, 3.05) is 0 Å². The third-order valence-electron chi connectivity index (χ3n) is 5.29. The Kier molecular flexibility index (Phi) is 5.60. The highest BCUT2D eigenvalue weighted by molar-refractivity contribution is 8.18. The van der Waals surface area contributed by atoms with Crippen LogP contribution in [0, 0.1) is 6.92 Å². The first-order valence-corrected chi connectivity index (χ1v) is 11.4. The number of fused-ring (bicyclic) bond motifs is 1. The Balaban J connectivity index is 1.46. The van der Waals surface area contributed by atoms with Gasteiger partial charge in [0.1, 0.15) is 0 Å². The molecule has 4 nitrogen and oxygen atoms in total. The SMILES string of the molecule is Cc1ccc(N=C2NC(=O)/C(=C\c3cn(Cc4ccc(Cl)cc4)c4ccccc34)S2)cc1. The van der Waals surface area contributed by atoms with Crippen molar-refractivity contribution in [3.05, 3.63) is 106 Å². The van der Waals surface area contributed by atoms with Crippen LogP contribution in [0.15, 0.2) is 88.9 Å². The van der Waals surface area contributed by atoms with Gasteiger partial charge in [-0.1, -0.05) is 59.6 Å². The summed E-state index contributed by atoms with van der Waals surface area (Å²) in [6.07, 6.45) is 4.04. The zero-order chi connectivity index (χ0) is 22.1. The predicted octanol–water partition coefficient (Wildman–Crippen LogP) is 6.54. The molecular formula is C26H20ClN3OS. The molecule has 1 aliphatic rings.